The zero-order valence-electron chi connectivity index (χ0n) is 24.6. The third-order valence-corrected chi connectivity index (χ3v) is 8.98. The number of likely N-dealkylation sites (N-methyl/N-ethyl adjacent to an activating group) is 1. The maximum absolute atomic E-state index is 14.7. The molecule has 0 fully saturated rings. The minimum Gasteiger partial charge on any atom is -0.496 e. The average molecular weight is 695 g/mol. The number of amides is 3. The summed E-state index contributed by atoms with van der Waals surface area (Å²) in [6, 6.07) is 21.2. The van der Waals surface area contributed by atoms with E-state index in [-0.39, 0.29) is 42.3 Å². The Hall–Kier alpha value is -4.50. The normalized spacial score (nSPS) is 15.7. The van der Waals surface area contributed by atoms with Crippen molar-refractivity contribution in [3.05, 3.63) is 99.8 Å². The van der Waals surface area contributed by atoms with E-state index < -0.39 is 35.0 Å². The Morgan fingerprint density at radius 2 is 1.82 bits per heavy atom. The van der Waals surface area contributed by atoms with Crippen LogP contribution in [0.1, 0.15) is 28.4 Å². The SMILES string of the molecule is CNC(C)(C(N)=O)[C@@H]1CN(C(=O)c2ccc(F)cc2)c2cc(C#N)ccc2N(Cc2c(OC)ccc3c(Br)cccc23)C1=O.Cl. The van der Waals surface area contributed by atoms with E-state index in [2.05, 4.69) is 27.3 Å². The predicted molar refractivity (Wildman–Crippen MR) is 176 cm³/mol. The molecule has 5 rings (SSSR count). The fraction of sp³-hybridized carbons (Fsp3) is 0.212. The zero-order valence-corrected chi connectivity index (χ0v) is 27.0. The zero-order chi connectivity index (χ0) is 31.8. The molecule has 4 aromatic carbocycles. The summed E-state index contributed by atoms with van der Waals surface area (Å²) in [6.45, 7) is 1.26. The molecule has 1 heterocycles. The first-order valence-electron chi connectivity index (χ1n) is 13.7. The highest BCUT2D eigenvalue weighted by Gasteiger charge is 2.49. The van der Waals surface area contributed by atoms with Gasteiger partial charge in [-0.2, -0.15) is 5.26 Å². The molecule has 3 amide bonds. The number of fused-ring (bicyclic) bond motifs is 2. The Labute approximate surface area is 274 Å². The summed E-state index contributed by atoms with van der Waals surface area (Å²) in [6.07, 6.45) is 0. The van der Waals surface area contributed by atoms with Crippen LogP contribution in [-0.2, 0) is 16.1 Å². The number of anilines is 2. The summed E-state index contributed by atoms with van der Waals surface area (Å²) >= 11 is 3.60. The van der Waals surface area contributed by atoms with Crippen LogP contribution < -0.4 is 25.6 Å². The molecule has 4 aromatic rings. The van der Waals surface area contributed by atoms with Gasteiger partial charge in [0.1, 0.15) is 17.1 Å². The Bertz CT molecular complexity index is 1850. The van der Waals surface area contributed by atoms with E-state index in [4.69, 9.17) is 10.5 Å². The molecule has 12 heteroatoms. The second kappa shape index (κ2) is 13.2. The Kier molecular flexibility index (Phi) is 9.83. The molecule has 1 aliphatic heterocycles. The number of benzene rings is 4. The van der Waals surface area contributed by atoms with E-state index in [0.29, 0.717) is 17.0 Å². The van der Waals surface area contributed by atoms with Gasteiger partial charge in [-0.3, -0.25) is 14.4 Å². The fourth-order valence-electron chi connectivity index (χ4n) is 5.58. The molecule has 0 radical (unpaired) electrons. The van der Waals surface area contributed by atoms with Crippen LogP contribution in [0.5, 0.6) is 5.75 Å². The first kappa shape index (κ1) is 33.4. The number of nitriles is 1. The molecule has 0 spiro atoms. The number of carbonyl (C=O) groups is 3. The number of nitrogens with one attached hydrogen (secondary N) is 1. The number of rotatable bonds is 7. The second-order valence-corrected chi connectivity index (χ2v) is 11.5. The number of hydrogen-bond donors (Lipinski definition) is 2. The Balaban J connectivity index is 0.00000461. The van der Waals surface area contributed by atoms with Gasteiger partial charge < -0.3 is 25.6 Å². The van der Waals surface area contributed by atoms with Crippen molar-refractivity contribution in [3.63, 3.8) is 0 Å². The van der Waals surface area contributed by atoms with Gasteiger partial charge in [-0.15, -0.1) is 12.4 Å². The molecular weight excluding hydrogens is 665 g/mol. The molecule has 0 bridgehead atoms. The minimum absolute atomic E-state index is 0. The smallest absolute Gasteiger partial charge is 0.258 e. The summed E-state index contributed by atoms with van der Waals surface area (Å²) in [5.74, 6) is -2.96. The molecule has 1 unspecified atom stereocenters. The van der Waals surface area contributed by atoms with E-state index in [1.54, 1.807) is 12.1 Å². The van der Waals surface area contributed by atoms with Crippen molar-refractivity contribution in [2.24, 2.45) is 11.7 Å². The second-order valence-electron chi connectivity index (χ2n) is 10.6. The molecule has 9 nitrogen and oxygen atoms in total. The maximum Gasteiger partial charge on any atom is 0.258 e. The first-order chi connectivity index (χ1) is 21.0. The van der Waals surface area contributed by atoms with E-state index in [0.717, 1.165) is 15.2 Å². The van der Waals surface area contributed by atoms with Gasteiger partial charge in [0.25, 0.3) is 5.91 Å². The van der Waals surface area contributed by atoms with Crippen molar-refractivity contribution < 1.29 is 23.5 Å². The average Bonchev–Trinajstić information content (AvgIpc) is 3.14. The lowest BCUT2D eigenvalue weighted by molar-refractivity contribution is -0.133. The Morgan fingerprint density at radius 3 is 2.44 bits per heavy atom. The topological polar surface area (TPSA) is 129 Å². The van der Waals surface area contributed by atoms with Gasteiger partial charge in [0, 0.05) is 22.1 Å². The van der Waals surface area contributed by atoms with Crippen molar-refractivity contribution in [2.45, 2.75) is 19.0 Å². The summed E-state index contributed by atoms with van der Waals surface area (Å²) in [5.41, 5.74) is 6.01. The van der Waals surface area contributed by atoms with Crippen molar-refractivity contribution in [1.82, 2.24) is 5.32 Å². The molecule has 0 aliphatic carbocycles. The van der Waals surface area contributed by atoms with E-state index >= 15 is 0 Å². The van der Waals surface area contributed by atoms with Gasteiger partial charge in [0.2, 0.25) is 11.8 Å². The largest absolute Gasteiger partial charge is 0.496 e. The van der Waals surface area contributed by atoms with Gasteiger partial charge in [-0.1, -0.05) is 28.1 Å². The van der Waals surface area contributed by atoms with Crippen molar-refractivity contribution in [3.8, 4) is 11.8 Å². The molecule has 232 valence electrons. The lowest BCUT2D eigenvalue weighted by atomic mass is 9.83. The van der Waals surface area contributed by atoms with Crippen molar-refractivity contribution in [2.75, 3.05) is 30.5 Å². The molecule has 1 aliphatic rings. The summed E-state index contributed by atoms with van der Waals surface area (Å²) in [5, 5.41) is 14.4. The van der Waals surface area contributed by atoms with Gasteiger partial charge in [-0.25, -0.2) is 4.39 Å². The van der Waals surface area contributed by atoms with Crippen LogP contribution >= 0.6 is 28.3 Å². The van der Waals surface area contributed by atoms with Crippen LogP contribution in [0.15, 0.2) is 77.3 Å². The van der Waals surface area contributed by atoms with Crippen LogP contribution in [-0.4, -0.2) is 44.0 Å². The van der Waals surface area contributed by atoms with Gasteiger partial charge in [0.05, 0.1) is 42.6 Å². The van der Waals surface area contributed by atoms with Crippen LogP contribution in [0, 0.1) is 23.1 Å². The Morgan fingerprint density at radius 1 is 1.11 bits per heavy atom. The first-order valence-corrected chi connectivity index (χ1v) is 14.5. The number of primary amides is 1. The maximum atomic E-state index is 14.7. The summed E-state index contributed by atoms with van der Waals surface area (Å²) in [7, 11) is 3.06. The van der Waals surface area contributed by atoms with E-state index in [9.17, 15) is 24.0 Å². The number of carbonyl (C=O) groups excluding carboxylic acids is 3. The third kappa shape index (κ3) is 5.96. The van der Waals surface area contributed by atoms with Gasteiger partial charge in [0.15, 0.2) is 0 Å². The molecule has 0 saturated carbocycles. The van der Waals surface area contributed by atoms with E-state index in [1.165, 1.54) is 61.2 Å². The van der Waals surface area contributed by atoms with Crippen LogP contribution in [0.4, 0.5) is 15.8 Å². The van der Waals surface area contributed by atoms with Crippen LogP contribution in [0.2, 0.25) is 0 Å². The lowest BCUT2D eigenvalue weighted by Gasteiger charge is -2.36. The standard InChI is InChI=1S/C33H29BrFN5O4.ClH/c1-33(38-2,32(37)43)25-18-40(30(41)20-8-10-21(35)11-9-20)28-15-19(16-36)7-13-27(28)39(31(25)42)17-24-22-5-4-6-26(34)23(22)12-14-29(24)44-3;/h4-15,25,38H,17-18H2,1-3H3,(H2,37,43);1H/t25-,33?;/m1./s1. The third-order valence-electron chi connectivity index (χ3n) is 8.29. The van der Waals surface area contributed by atoms with Crippen molar-refractivity contribution >= 4 is 68.2 Å². The van der Waals surface area contributed by atoms with Crippen LogP contribution in [0.25, 0.3) is 10.8 Å². The minimum atomic E-state index is -1.58. The van der Waals surface area contributed by atoms with Crippen LogP contribution in [0.3, 0.4) is 0 Å². The number of nitrogens with zero attached hydrogens (tertiary/aromatic N) is 3. The molecule has 45 heavy (non-hydrogen) atoms. The molecule has 0 saturated heterocycles. The fourth-order valence-corrected chi connectivity index (χ4v) is 6.08. The van der Waals surface area contributed by atoms with Gasteiger partial charge in [-0.05, 0) is 85.4 Å². The number of nitrogens with two attached hydrogens (primary N) is 1. The summed E-state index contributed by atoms with van der Waals surface area (Å²) in [4.78, 5) is 44.5. The summed E-state index contributed by atoms with van der Waals surface area (Å²) < 4.78 is 20.4. The molecular formula is C33H30BrClFN5O4. The molecule has 3 N–H and O–H groups in total. The van der Waals surface area contributed by atoms with Crippen molar-refractivity contribution in [1.29, 1.82) is 5.26 Å². The highest BCUT2D eigenvalue weighted by molar-refractivity contribution is 9.10. The highest BCUT2D eigenvalue weighted by atomic mass is 79.9. The monoisotopic (exact) mass is 693 g/mol. The quantitative estimate of drug-likeness (QED) is 0.270. The highest BCUT2D eigenvalue weighted by Crippen LogP contribution is 2.41. The lowest BCUT2D eigenvalue weighted by Crippen LogP contribution is -2.63. The molecule has 0 aromatic heterocycles. The number of hydrogen-bond acceptors (Lipinski definition) is 6. The van der Waals surface area contributed by atoms with Gasteiger partial charge >= 0.3 is 0 Å². The predicted octanol–water partition coefficient (Wildman–Crippen LogP) is 5.32. The number of methoxy groups -OCH3 is 1. The number of halogens is 3. The van der Waals surface area contributed by atoms with E-state index in [1.807, 2.05) is 30.3 Å². The molecule has 2 atom stereocenters. The number of ether oxygens (including phenoxy) is 1.